The summed E-state index contributed by atoms with van der Waals surface area (Å²) >= 11 is 0. The van der Waals surface area contributed by atoms with Gasteiger partial charge in [0.25, 0.3) is 5.91 Å². The lowest BCUT2D eigenvalue weighted by Gasteiger charge is -2.27. The number of hydrogen-bond donors (Lipinski definition) is 1. The maximum absolute atomic E-state index is 12.5. The molecule has 5 nitrogen and oxygen atoms in total. The Kier molecular flexibility index (Phi) is 5.66. The SMILES string of the molecule is CC[C@H](Oc1cccc(C)c1C)C(=O)NC[C@H]1COc2ccccc2O1. The minimum Gasteiger partial charge on any atom is -0.486 e. The second-order valence-corrected chi connectivity index (χ2v) is 6.46. The Morgan fingerprint density at radius 3 is 2.73 bits per heavy atom. The molecule has 1 N–H and O–H groups in total. The predicted molar refractivity (Wildman–Crippen MR) is 100.0 cm³/mol. The van der Waals surface area contributed by atoms with Gasteiger partial charge in [0.1, 0.15) is 18.5 Å². The van der Waals surface area contributed by atoms with Gasteiger partial charge >= 0.3 is 0 Å². The van der Waals surface area contributed by atoms with Gasteiger partial charge in [0, 0.05) is 0 Å². The minimum atomic E-state index is -0.535. The highest BCUT2D eigenvalue weighted by atomic mass is 16.6. The molecule has 0 aromatic heterocycles. The van der Waals surface area contributed by atoms with E-state index in [1.165, 1.54) is 0 Å². The predicted octanol–water partition coefficient (Wildman–Crippen LogP) is 3.42. The summed E-state index contributed by atoms with van der Waals surface area (Å²) in [5.74, 6) is 2.05. The summed E-state index contributed by atoms with van der Waals surface area (Å²) in [4.78, 5) is 12.5. The normalized spacial score (nSPS) is 16.7. The van der Waals surface area contributed by atoms with Gasteiger partial charge in [-0.15, -0.1) is 0 Å². The molecule has 1 heterocycles. The molecule has 0 unspecified atom stereocenters. The quantitative estimate of drug-likeness (QED) is 0.863. The zero-order valence-electron chi connectivity index (χ0n) is 15.5. The maximum atomic E-state index is 12.5. The molecular weight excluding hydrogens is 330 g/mol. The maximum Gasteiger partial charge on any atom is 0.261 e. The molecule has 5 heteroatoms. The molecule has 0 fully saturated rings. The van der Waals surface area contributed by atoms with E-state index in [1.807, 2.05) is 63.2 Å². The lowest BCUT2D eigenvalue weighted by Crippen LogP contribution is -2.45. The highest BCUT2D eigenvalue weighted by Gasteiger charge is 2.24. The summed E-state index contributed by atoms with van der Waals surface area (Å²) in [6.45, 7) is 6.75. The van der Waals surface area contributed by atoms with E-state index >= 15 is 0 Å². The van der Waals surface area contributed by atoms with Crippen molar-refractivity contribution >= 4 is 5.91 Å². The van der Waals surface area contributed by atoms with Gasteiger partial charge in [0.15, 0.2) is 17.6 Å². The van der Waals surface area contributed by atoms with E-state index in [0.717, 1.165) is 22.6 Å². The number of carbonyl (C=O) groups is 1. The van der Waals surface area contributed by atoms with Crippen molar-refractivity contribution in [1.82, 2.24) is 5.32 Å². The van der Waals surface area contributed by atoms with Gasteiger partial charge in [-0.25, -0.2) is 0 Å². The first kappa shape index (κ1) is 18.1. The number of fused-ring (bicyclic) bond motifs is 1. The van der Waals surface area contributed by atoms with E-state index in [0.29, 0.717) is 25.3 Å². The first-order chi connectivity index (χ1) is 12.6. The summed E-state index contributed by atoms with van der Waals surface area (Å²) in [5.41, 5.74) is 2.20. The molecule has 0 saturated carbocycles. The van der Waals surface area contributed by atoms with E-state index in [4.69, 9.17) is 14.2 Å². The molecule has 1 amide bonds. The molecule has 0 aliphatic carbocycles. The second-order valence-electron chi connectivity index (χ2n) is 6.46. The number of nitrogens with one attached hydrogen (secondary N) is 1. The highest BCUT2D eigenvalue weighted by Crippen LogP contribution is 2.30. The minimum absolute atomic E-state index is 0.143. The lowest BCUT2D eigenvalue weighted by molar-refractivity contribution is -0.128. The average Bonchev–Trinajstić information content (AvgIpc) is 2.67. The highest BCUT2D eigenvalue weighted by molar-refractivity contribution is 5.81. The van der Waals surface area contributed by atoms with Crippen LogP contribution in [0.25, 0.3) is 0 Å². The third kappa shape index (κ3) is 4.10. The number of benzene rings is 2. The van der Waals surface area contributed by atoms with E-state index in [2.05, 4.69) is 5.32 Å². The molecular formula is C21H25NO4. The van der Waals surface area contributed by atoms with E-state index in [9.17, 15) is 4.79 Å². The van der Waals surface area contributed by atoms with Gasteiger partial charge in [-0.2, -0.15) is 0 Å². The van der Waals surface area contributed by atoms with Gasteiger partial charge in [-0.3, -0.25) is 4.79 Å². The van der Waals surface area contributed by atoms with Crippen LogP contribution in [-0.2, 0) is 4.79 Å². The van der Waals surface area contributed by atoms with E-state index in [1.54, 1.807) is 0 Å². The van der Waals surface area contributed by atoms with Crippen LogP contribution >= 0.6 is 0 Å². The summed E-state index contributed by atoms with van der Waals surface area (Å²) in [6, 6.07) is 13.4. The van der Waals surface area contributed by atoms with Crippen molar-refractivity contribution < 1.29 is 19.0 Å². The number of aryl methyl sites for hydroxylation is 1. The Morgan fingerprint density at radius 2 is 1.96 bits per heavy atom. The van der Waals surface area contributed by atoms with Crippen molar-refractivity contribution in [3.63, 3.8) is 0 Å². The Morgan fingerprint density at radius 1 is 1.19 bits per heavy atom. The number of carbonyl (C=O) groups excluding carboxylic acids is 1. The Labute approximate surface area is 154 Å². The van der Waals surface area contributed by atoms with Gasteiger partial charge in [-0.1, -0.05) is 31.2 Å². The smallest absolute Gasteiger partial charge is 0.261 e. The second kappa shape index (κ2) is 8.13. The molecule has 26 heavy (non-hydrogen) atoms. The number of amides is 1. The van der Waals surface area contributed by atoms with Crippen LogP contribution in [0.1, 0.15) is 24.5 Å². The molecule has 138 valence electrons. The molecule has 3 rings (SSSR count). The van der Waals surface area contributed by atoms with Crippen LogP contribution < -0.4 is 19.5 Å². The van der Waals surface area contributed by atoms with Gasteiger partial charge in [-0.05, 0) is 49.6 Å². The summed E-state index contributed by atoms with van der Waals surface area (Å²) < 4.78 is 17.5. The average molecular weight is 355 g/mol. The monoisotopic (exact) mass is 355 g/mol. The molecule has 2 atom stereocenters. The topological polar surface area (TPSA) is 56.8 Å². The zero-order chi connectivity index (χ0) is 18.5. The van der Waals surface area contributed by atoms with Crippen LogP contribution in [0.15, 0.2) is 42.5 Å². The standard InChI is InChI=1S/C21H25NO4/c1-4-17(26-18-11-7-8-14(2)15(18)3)21(23)22-12-16-13-24-19-9-5-6-10-20(19)25-16/h5-11,16-17H,4,12-13H2,1-3H3,(H,22,23)/t16-,17-/m0/s1. The van der Waals surface area contributed by atoms with E-state index in [-0.39, 0.29) is 12.0 Å². The molecule has 1 aliphatic rings. The van der Waals surface area contributed by atoms with Crippen LogP contribution in [0.4, 0.5) is 0 Å². The molecule has 2 aromatic rings. The Hall–Kier alpha value is -2.69. The number of rotatable bonds is 6. The van der Waals surface area contributed by atoms with Gasteiger partial charge in [0.05, 0.1) is 6.54 Å². The Balaban J connectivity index is 1.56. The third-order valence-corrected chi connectivity index (χ3v) is 4.56. The van der Waals surface area contributed by atoms with Crippen LogP contribution in [0, 0.1) is 13.8 Å². The molecule has 0 bridgehead atoms. The van der Waals surface area contributed by atoms with Crippen LogP contribution in [0.5, 0.6) is 17.2 Å². The molecule has 0 spiro atoms. The third-order valence-electron chi connectivity index (χ3n) is 4.56. The summed E-state index contributed by atoms with van der Waals surface area (Å²) in [6.07, 6.45) is -0.163. The zero-order valence-corrected chi connectivity index (χ0v) is 15.5. The number of hydrogen-bond acceptors (Lipinski definition) is 4. The van der Waals surface area contributed by atoms with Crippen molar-refractivity contribution in [2.45, 2.75) is 39.4 Å². The number of ether oxygens (including phenoxy) is 3. The Bertz CT molecular complexity index is 774. The van der Waals surface area contributed by atoms with Crippen molar-refractivity contribution in [2.75, 3.05) is 13.2 Å². The van der Waals surface area contributed by atoms with Gasteiger partial charge < -0.3 is 19.5 Å². The van der Waals surface area contributed by atoms with Gasteiger partial charge in [0.2, 0.25) is 0 Å². The van der Waals surface area contributed by atoms with Crippen molar-refractivity contribution in [1.29, 1.82) is 0 Å². The van der Waals surface area contributed by atoms with E-state index < -0.39 is 6.10 Å². The number of para-hydroxylation sites is 2. The van der Waals surface area contributed by atoms with Crippen molar-refractivity contribution in [3.8, 4) is 17.2 Å². The molecule has 1 aliphatic heterocycles. The largest absolute Gasteiger partial charge is 0.486 e. The first-order valence-electron chi connectivity index (χ1n) is 8.97. The lowest BCUT2D eigenvalue weighted by atomic mass is 10.1. The van der Waals surface area contributed by atoms with Crippen LogP contribution in [0.3, 0.4) is 0 Å². The molecule has 0 saturated heterocycles. The molecule has 2 aromatic carbocycles. The summed E-state index contributed by atoms with van der Waals surface area (Å²) in [5, 5.41) is 2.92. The molecule has 0 radical (unpaired) electrons. The summed E-state index contributed by atoms with van der Waals surface area (Å²) in [7, 11) is 0. The van der Waals surface area contributed by atoms with Crippen LogP contribution in [0.2, 0.25) is 0 Å². The van der Waals surface area contributed by atoms with Crippen molar-refractivity contribution in [3.05, 3.63) is 53.6 Å². The fraction of sp³-hybridized carbons (Fsp3) is 0.381. The van der Waals surface area contributed by atoms with Crippen molar-refractivity contribution in [2.24, 2.45) is 0 Å². The first-order valence-corrected chi connectivity index (χ1v) is 8.97. The fourth-order valence-electron chi connectivity index (χ4n) is 2.82. The van der Waals surface area contributed by atoms with Crippen LogP contribution in [-0.4, -0.2) is 31.3 Å². The fourth-order valence-corrected chi connectivity index (χ4v) is 2.82.